The summed E-state index contributed by atoms with van der Waals surface area (Å²) in [6.45, 7) is 2.00. The van der Waals surface area contributed by atoms with Crippen LogP contribution in [0.1, 0.15) is 6.92 Å². The summed E-state index contributed by atoms with van der Waals surface area (Å²) in [7, 11) is 0. The molecular weight excluding hydrogens is 170 g/mol. The molecule has 1 atom stereocenters. The van der Waals surface area contributed by atoms with Gasteiger partial charge in [-0.25, -0.2) is 0 Å². The maximum atomic E-state index is 5.05. The zero-order chi connectivity index (χ0) is 8.60. The van der Waals surface area contributed by atoms with Crippen LogP contribution < -0.4 is 10.6 Å². The molecule has 1 aliphatic carbocycles. The van der Waals surface area contributed by atoms with Crippen molar-refractivity contribution in [3.8, 4) is 0 Å². The van der Waals surface area contributed by atoms with Crippen LogP contribution in [0.5, 0.6) is 0 Å². The van der Waals surface area contributed by atoms with E-state index < -0.39 is 0 Å². The highest BCUT2D eigenvalue weighted by molar-refractivity contribution is 7.82. The molecule has 3 heteroatoms. The van der Waals surface area contributed by atoms with Gasteiger partial charge >= 0.3 is 0 Å². The molecule has 0 saturated heterocycles. The Morgan fingerprint density at radius 1 is 1.58 bits per heavy atom. The molecule has 62 valence electrons. The number of hydrogen-bond donors (Lipinski definition) is 1. The van der Waals surface area contributed by atoms with Crippen molar-refractivity contribution in [3.63, 3.8) is 0 Å². The monoisotopic (exact) mass is 179 g/mol. The second-order valence-electron chi connectivity index (χ2n) is 3.04. The average molecular weight is 179 g/mol. The van der Waals surface area contributed by atoms with E-state index in [0.717, 1.165) is 10.6 Å². The van der Waals surface area contributed by atoms with E-state index in [0.29, 0.717) is 0 Å². The lowest BCUT2D eigenvalue weighted by Gasteiger charge is -2.10. The standard InChI is InChI=1S/C9H9NOS/c1-9(12)4-2-3-7-6-10-11-8(7)5-9/h2-6,12H,1H3. The minimum atomic E-state index is -0.249. The molecule has 1 aromatic rings. The maximum Gasteiger partial charge on any atom is 0.164 e. The van der Waals surface area contributed by atoms with Crippen molar-refractivity contribution in [3.05, 3.63) is 29.0 Å². The van der Waals surface area contributed by atoms with E-state index in [2.05, 4.69) is 17.8 Å². The van der Waals surface area contributed by atoms with Crippen molar-refractivity contribution < 1.29 is 4.52 Å². The Bertz CT molecular complexity index is 428. The van der Waals surface area contributed by atoms with Crippen molar-refractivity contribution in [2.75, 3.05) is 0 Å². The minimum Gasteiger partial charge on any atom is -0.357 e. The molecule has 0 radical (unpaired) electrons. The summed E-state index contributed by atoms with van der Waals surface area (Å²) in [4.78, 5) is 0. The summed E-state index contributed by atoms with van der Waals surface area (Å²) in [6.07, 6.45) is 9.58. The molecule has 1 aliphatic rings. The fourth-order valence-electron chi connectivity index (χ4n) is 1.15. The number of aromatic nitrogens is 1. The molecule has 0 bridgehead atoms. The van der Waals surface area contributed by atoms with Gasteiger partial charge in [-0.05, 0) is 19.1 Å². The van der Waals surface area contributed by atoms with Gasteiger partial charge in [0.1, 0.15) is 0 Å². The van der Waals surface area contributed by atoms with E-state index in [-0.39, 0.29) is 4.75 Å². The van der Waals surface area contributed by atoms with Gasteiger partial charge in [0.2, 0.25) is 0 Å². The summed E-state index contributed by atoms with van der Waals surface area (Å²) >= 11 is 4.44. The van der Waals surface area contributed by atoms with Crippen LogP contribution in [0.4, 0.5) is 0 Å². The van der Waals surface area contributed by atoms with Crippen molar-refractivity contribution in [2.45, 2.75) is 11.7 Å². The van der Waals surface area contributed by atoms with Gasteiger partial charge < -0.3 is 4.52 Å². The van der Waals surface area contributed by atoms with Crippen LogP contribution >= 0.6 is 12.6 Å². The Morgan fingerprint density at radius 2 is 2.42 bits per heavy atom. The first kappa shape index (κ1) is 7.68. The van der Waals surface area contributed by atoms with Gasteiger partial charge in [0.15, 0.2) is 5.42 Å². The summed E-state index contributed by atoms with van der Waals surface area (Å²) < 4.78 is 4.80. The van der Waals surface area contributed by atoms with Crippen molar-refractivity contribution in [2.24, 2.45) is 0 Å². The van der Waals surface area contributed by atoms with Gasteiger partial charge in [0, 0.05) is 5.22 Å². The first-order valence-corrected chi connectivity index (χ1v) is 4.18. The molecule has 0 fully saturated rings. The van der Waals surface area contributed by atoms with Crippen LogP contribution in [0.3, 0.4) is 0 Å². The van der Waals surface area contributed by atoms with Gasteiger partial charge in [-0.3, -0.25) is 0 Å². The van der Waals surface area contributed by atoms with Gasteiger partial charge in [-0.1, -0.05) is 17.3 Å². The smallest absolute Gasteiger partial charge is 0.164 e. The molecule has 1 unspecified atom stereocenters. The third kappa shape index (κ3) is 1.32. The molecular formula is C9H9NOS. The first-order chi connectivity index (χ1) is 5.67. The Hall–Kier alpha value is -0.960. The fraction of sp³-hybridized carbons (Fsp3) is 0.222. The first-order valence-electron chi connectivity index (χ1n) is 3.73. The molecule has 0 N–H and O–H groups in total. The van der Waals surface area contributed by atoms with E-state index in [1.807, 2.05) is 31.2 Å². The molecule has 12 heavy (non-hydrogen) atoms. The molecule has 0 amide bonds. The van der Waals surface area contributed by atoms with Crippen LogP contribution in [0.25, 0.3) is 12.2 Å². The number of fused-ring (bicyclic) bond motifs is 1. The lowest BCUT2D eigenvalue weighted by molar-refractivity contribution is 0.392. The predicted molar refractivity (Wildman–Crippen MR) is 51.2 cm³/mol. The molecule has 2 rings (SSSR count). The minimum absolute atomic E-state index is 0.249. The van der Waals surface area contributed by atoms with Crippen molar-refractivity contribution >= 4 is 24.8 Å². The zero-order valence-corrected chi connectivity index (χ0v) is 7.58. The lowest BCUT2D eigenvalue weighted by Crippen LogP contribution is -2.22. The Balaban J connectivity index is 2.75. The van der Waals surface area contributed by atoms with Crippen LogP contribution in [-0.4, -0.2) is 9.90 Å². The highest BCUT2D eigenvalue weighted by Crippen LogP contribution is 2.17. The molecule has 0 aromatic carbocycles. The van der Waals surface area contributed by atoms with E-state index >= 15 is 0 Å². The topological polar surface area (TPSA) is 26.0 Å². The van der Waals surface area contributed by atoms with E-state index in [4.69, 9.17) is 4.52 Å². The quantitative estimate of drug-likeness (QED) is 0.587. The van der Waals surface area contributed by atoms with Crippen LogP contribution in [0.2, 0.25) is 0 Å². The van der Waals surface area contributed by atoms with Gasteiger partial charge in [0.05, 0.1) is 10.9 Å². The van der Waals surface area contributed by atoms with Crippen molar-refractivity contribution in [1.82, 2.24) is 5.16 Å². The Kier molecular flexibility index (Phi) is 1.61. The van der Waals surface area contributed by atoms with Crippen LogP contribution in [-0.2, 0) is 0 Å². The molecule has 0 aliphatic heterocycles. The largest absolute Gasteiger partial charge is 0.357 e. The number of thiol groups is 1. The highest BCUT2D eigenvalue weighted by atomic mass is 32.1. The number of nitrogens with zero attached hydrogens (tertiary/aromatic N) is 1. The molecule has 1 heterocycles. The van der Waals surface area contributed by atoms with E-state index in [1.54, 1.807) is 6.20 Å². The highest BCUT2D eigenvalue weighted by Gasteiger charge is 2.12. The molecule has 0 saturated carbocycles. The lowest BCUT2D eigenvalue weighted by atomic mass is 10.1. The second kappa shape index (κ2) is 2.52. The third-order valence-corrected chi connectivity index (χ3v) is 2.04. The summed E-state index contributed by atoms with van der Waals surface area (Å²) in [5.74, 6) is 0. The van der Waals surface area contributed by atoms with Crippen molar-refractivity contribution in [1.29, 1.82) is 0 Å². The van der Waals surface area contributed by atoms with Crippen LogP contribution in [0, 0.1) is 0 Å². The average Bonchev–Trinajstić information content (AvgIpc) is 2.31. The Labute approximate surface area is 75.7 Å². The van der Waals surface area contributed by atoms with E-state index in [1.165, 1.54) is 0 Å². The summed E-state index contributed by atoms with van der Waals surface area (Å²) in [5.41, 5.74) is 0.789. The third-order valence-electron chi connectivity index (χ3n) is 1.76. The van der Waals surface area contributed by atoms with Crippen LogP contribution in [0.15, 0.2) is 22.9 Å². The molecule has 1 aromatic heterocycles. The number of rotatable bonds is 0. The Morgan fingerprint density at radius 3 is 3.25 bits per heavy atom. The fourth-order valence-corrected chi connectivity index (χ4v) is 1.35. The second-order valence-corrected chi connectivity index (χ2v) is 4.00. The van der Waals surface area contributed by atoms with Gasteiger partial charge in [0.25, 0.3) is 0 Å². The van der Waals surface area contributed by atoms with Gasteiger partial charge in [-0.15, -0.1) is 0 Å². The zero-order valence-electron chi connectivity index (χ0n) is 6.69. The molecule has 0 spiro atoms. The van der Waals surface area contributed by atoms with E-state index in [9.17, 15) is 0 Å². The summed E-state index contributed by atoms with van der Waals surface area (Å²) in [5, 5.41) is 4.71. The molecule has 2 nitrogen and oxygen atoms in total. The maximum absolute atomic E-state index is 5.05. The number of hydrogen-bond acceptors (Lipinski definition) is 3. The SMILES string of the molecule is CC1(S)C=CC=c2cnoc2=C1. The number of allylic oxidation sites excluding steroid dienone is 1. The van der Waals surface area contributed by atoms with Gasteiger partial charge in [-0.2, -0.15) is 12.6 Å². The normalized spacial score (nSPS) is 26.8. The summed E-state index contributed by atoms with van der Waals surface area (Å²) in [6, 6.07) is 0. The predicted octanol–water partition coefficient (Wildman–Crippen LogP) is 0.494.